The number of phenols is 1. The molecule has 1 aromatic carbocycles. The Labute approximate surface area is 154 Å². The third-order valence-corrected chi connectivity index (χ3v) is 5.52. The van der Waals surface area contributed by atoms with Gasteiger partial charge in [0.05, 0.1) is 7.11 Å². The van der Waals surface area contributed by atoms with E-state index in [0.29, 0.717) is 17.7 Å². The summed E-state index contributed by atoms with van der Waals surface area (Å²) in [4.78, 5) is 16.7. The first kappa shape index (κ1) is 18.5. The number of aromatic hydroxyl groups is 1. The molecule has 0 saturated carbocycles. The van der Waals surface area contributed by atoms with Gasteiger partial charge in [-0.2, -0.15) is 0 Å². The number of phenolic OH excluding ortho intramolecular Hbond substituents is 1. The fourth-order valence-corrected chi connectivity index (χ4v) is 3.82. The largest absolute Gasteiger partial charge is 0.504 e. The molecule has 0 bridgehead atoms. The number of hydrogen-bond acceptors (Lipinski definition) is 4. The van der Waals surface area contributed by atoms with Crippen molar-refractivity contribution in [2.75, 3.05) is 20.2 Å². The Morgan fingerprint density at radius 2 is 2.04 bits per heavy atom. The van der Waals surface area contributed by atoms with Gasteiger partial charge in [-0.05, 0) is 80.9 Å². The maximum absolute atomic E-state index is 11.5. The number of nitrogens with zero attached hydrogens (tertiary/aromatic N) is 1. The molecule has 0 amide bonds. The van der Waals surface area contributed by atoms with Crippen LogP contribution in [0, 0.1) is 0 Å². The van der Waals surface area contributed by atoms with E-state index in [1.807, 2.05) is 18.2 Å². The molecule has 2 heterocycles. The number of ether oxygens (including phenoxy) is 1. The lowest BCUT2D eigenvalue weighted by molar-refractivity contribution is 0.155. The zero-order valence-electron chi connectivity index (χ0n) is 15.6. The van der Waals surface area contributed by atoms with Crippen LogP contribution in [0.25, 0.3) is 0 Å². The lowest BCUT2D eigenvalue weighted by Gasteiger charge is -2.36. The number of piperidine rings is 1. The summed E-state index contributed by atoms with van der Waals surface area (Å²) in [7, 11) is 1.58. The molecule has 1 unspecified atom stereocenters. The van der Waals surface area contributed by atoms with Gasteiger partial charge in [0, 0.05) is 18.3 Å². The highest BCUT2D eigenvalue weighted by Gasteiger charge is 2.23. The number of methoxy groups -OCH3 is 1. The van der Waals surface area contributed by atoms with Crippen LogP contribution in [0.3, 0.4) is 0 Å². The number of aromatic nitrogens is 1. The van der Waals surface area contributed by atoms with E-state index in [1.54, 1.807) is 25.4 Å². The van der Waals surface area contributed by atoms with Gasteiger partial charge in [-0.25, -0.2) is 0 Å². The van der Waals surface area contributed by atoms with Gasteiger partial charge < -0.3 is 19.7 Å². The fraction of sp³-hybridized carbons (Fsp3) is 0.476. The Bertz CT molecular complexity index is 779. The Hall–Kier alpha value is -2.27. The van der Waals surface area contributed by atoms with Crippen molar-refractivity contribution in [1.29, 1.82) is 0 Å². The molecule has 5 heteroatoms. The number of aromatic amines is 1. The summed E-state index contributed by atoms with van der Waals surface area (Å²) >= 11 is 0. The van der Waals surface area contributed by atoms with Crippen molar-refractivity contribution in [3.8, 4) is 11.5 Å². The third-order valence-electron chi connectivity index (χ3n) is 5.52. The molecule has 2 aromatic rings. The van der Waals surface area contributed by atoms with Crippen molar-refractivity contribution in [1.82, 2.24) is 9.88 Å². The predicted octanol–water partition coefficient (Wildman–Crippen LogP) is 3.29. The second-order valence-corrected chi connectivity index (χ2v) is 7.19. The molecule has 0 radical (unpaired) electrons. The molecule has 5 nitrogen and oxygen atoms in total. The Balaban J connectivity index is 1.51. The molecule has 2 N–H and O–H groups in total. The molecule has 1 saturated heterocycles. The minimum Gasteiger partial charge on any atom is -0.504 e. The molecule has 26 heavy (non-hydrogen) atoms. The van der Waals surface area contributed by atoms with Crippen LogP contribution in [-0.4, -0.2) is 41.2 Å². The van der Waals surface area contributed by atoms with Crippen LogP contribution < -0.4 is 10.3 Å². The van der Waals surface area contributed by atoms with Crippen LogP contribution in [0.15, 0.2) is 41.3 Å². The van der Waals surface area contributed by atoms with E-state index in [-0.39, 0.29) is 11.3 Å². The van der Waals surface area contributed by atoms with E-state index in [2.05, 4.69) is 16.8 Å². The predicted molar refractivity (Wildman–Crippen MR) is 103 cm³/mol. The van der Waals surface area contributed by atoms with Crippen LogP contribution in [0.5, 0.6) is 11.5 Å². The maximum Gasteiger partial charge on any atom is 0.248 e. The quantitative estimate of drug-likeness (QED) is 0.834. The molecule has 0 aliphatic carbocycles. The van der Waals surface area contributed by atoms with E-state index in [1.165, 1.54) is 5.56 Å². The topological polar surface area (TPSA) is 65.6 Å². The molecule has 1 aliphatic heterocycles. The second-order valence-electron chi connectivity index (χ2n) is 7.19. The molecule has 140 valence electrons. The Morgan fingerprint density at radius 3 is 2.73 bits per heavy atom. The zero-order valence-corrected chi connectivity index (χ0v) is 15.6. The van der Waals surface area contributed by atoms with E-state index >= 15 is 0 Å². The number of nitrogens with one attached hydrogen (secondary N) is 1. The van der Waals surface area contributed by atoms with Gasteiger partial charge in [0.15, 0.2) is 11.5 Å². The number of benzene rings is 1. The lowest BCUT2D eigenvalue weighted by Crippen LogP contribution is -2.39. The van der Waals surface area contributed by atoms with Crippen LogP contribution in [0.4, 0.5) is 0 Å². The van der Waals surface area contributed by atoms with Crippen LogP contribution in [-0.2, 0) is 6.42 Å². The summed E-state index contributed by atoms with van der Waals surface area (Å²) in [5, 5.41) is 9.70. The van der Waals surface area contributed by atoms with Crippen molar-refractivity contribution >= 4 is 0 Å². The van der Waals surface area contributed by atoms with Crippen molar-refractivity contribution in [2.45, 2.75) is 44.6 Å². The van der Waals surface area contributed by atoms with Crippen LogP contribution in [0.2, 0.25) is 0 Å². The number of pyridine rings is 1. The van der Waals surface area contributed by atoms with E-state index in [4.69, 9.17) is 4.74 Å². The Morgan fingerprint density at radius 1 is 1.27 bits per heavy atom. The summed E-state index contributed by atoms with van der Waals surface area (Å²) in [6.45, 7) is 4.42. The molecule has 1 atom stereocenters. The highest BCUT2D eigenvalue weighted by molar-refractivity contribution is 5.41. The number of rotatable bonds is 6. The normalized spacial score (nSPS) is 17.2. The molecular weight excluding hydrogens is 328 g/mol. The van der Waals surface area contributed by atoms with Crippen molar-refractivity contribution in [3.05, 3.63) is 58.0 Å². The molecular formula is C21H28N2O3. The number of aryl methyl sites for hydroxylation is 1. The Kier molecular flexibility index (Phi) is 5.99. The SMILES string of the molecule is COc1cc(CCC(C)N2CCC(c3cc[nH]c(=O)c3)CC2)ccc1O. The number of H-pyrrole nitrogens is 1. The monoisotopic (exact) mass is 356 g/mol. The van der Waals surface area contributed by atoms with Gasteiger partial charge in [0.2, 0.25) is 5.56 Å². The summed E-state index contributed by atoms with van der Waals surface area (Å²) < 4.78 is 5.19. The first-order chi connectivity index (χ1) is 12.6. The maximum atomic E-state index is 11.5. The summed E-state index contributed by atoms with van der Waals surface area (Å²) in [6, 6.07) is 9.86. The van der Waals surface area contributed by atoms with E-state index < -0.39 is 0 Å². The molecule has 1 aliphatic rings. The number of likely N-dealkylation sites (tertiary alicyclic amines) is 1. The van der Waals surface area contributed by atoms with Crippen molar-refractivity contribution < 1.29 is 9.84 Å². The second kappa shape index (κ2) is 8.41. The van der Waals surface area contributed by atoms with Gasteiger partial charge >= 0.3 is 0 Å². The minimum absolute atomic E-state index is 0.0115. The number of hydrogen-bond donors (Lipinski definition) is 2. The van der Waals surface area contributed by atoms with Crippen molar-refractivity contribution in [2.24, 2.45) is 0 Å². The smallest absolute Gasteiger partial charge is 0.248 e. The van der Waals surface area contributed by atoms with Gasteiger partial charge in [-0.3, -0.25) is 4.79 Å². The zero-order chi connectivity index (χ0) is 18.5. The molecule has 1 aromatic heterocycles. The first-order valence-electron chi connectivity index (χ1n) is 9.35. The average molecular weight is 356 g/mol. The van der Waals surface area contributed by atoms with Crippen molar-refractivity contribution in [3.63, 3.8) is 0 Å². The molecule has 0 spiro atoms. The third kappa shape index (κ3) is 4.47. The lowest BCUT2D eigenvalue weighted by atomic mass is 9.89. The van der Waals surface area contributed by atoms with Crippen LogP contribution in [0.1, 0.15) is 43.2 Å². The minimum atomic E-state index is -0.0115. The highest BCUT2D eigenvalue weighted by atomic mass is 16.5. The van der Waals surface area contributed by atoms with Gasteiger partial charge in [-0.1, -0.05) is 6.07 Å². The van der Waals surface area contributed by atoms with E-state index in [0.717, 1.165) is 44.3 Å². The highest BCUT2D eigenvalue weighted by Crippen LogP contribution is 2.29. The van der Waals surface area contributed by atoms with Gasteiger partial charge in [-0.15, -0.1) is 0 Å². The van der Waals surface area contributed by atoms with E-state index in [9.17, 15) is 9.90 Å². The van der Waals surface area contributed by atoms with Gasteiger partial charge in [0.25, 0.3) is 0 Å². The molecule has 3 rings (SSSR count). The summed E-state index contributed by atoms with van der Waals surface area (Å²) in [5.74, 6) is 1.21. The van der Waals surface area contributed by atoms with Crippen LogP contribution >= 0.6 is 0 Å². The standard InChI is InChI=1S/C21H28N2O3/c1-15(3-4-16-5-6-19(24)20(13-16)26-2)23-11-8-17(9-12-23)18-7-10-22-21(25)14-18/h5-7,10,13-15,17,24H,3-4,8-9,11-12H2,1-2H3,(H,22,25). The average Bonchev–Trinajstić information content (AvgIpc) is 2.67. The molecule has 1 fully saturated rings. The summed E-state index contributed by atoms with van der Waals surface area (Å²) in [6.07, 6.45) is 5.98. The summed E-state index contributed by atoms with van der Waals surface area (Å²) in [5.41, 5.74) is 2.34. The fourth-order valence-electron chi connectivity index (χ4n) is 3.82. The first-order valence-corrected chi connectivity index (χ1v) is 9.35. The van der Waals surface area contributed by atoms with Gasteiger partial charge in [0.1, 0.15) is 0 Å².